The molecule has 6 nitrogen and oxygen atoms in total. The Hall–Kier alpha value is -2.08. The lowest BCUT2D eigenvalue weighted by Crippen LogP contribution is -2.35. The number of hydrogen-bond donors (Lipinski definition) is 1. The van der Waals surface area contributed by atoms with E-state index in [-0.39, 0.29) is 6.09 Å². The van der Waals surface area contributed by atoms with Crippen LogP contribution in [0.15, 0.2) is 24.4 Å². The zero-order valence-electron chi connectivity index (χ0n) is 13.1. The van der Waals surface area contributed by atoms with Gasteiger partial charge in [-0.15, -0.1) is 0 Å². The predicted molar refractivity (Wildman–Crippen MR) is 83.8 cm³/mol. The third-order valence-corrected chi connectivity index (χ3v) is 4.03. The number of carbonyl (C=O) groups excluding carboxylic acids is 1. The summed E-state index contributed by atoms with van der Waals surface area (Å²) in [6.45, 7) is 6.48. The highest BCUT2D eigenvalue weighted by Gasteiger charge is 2.26. The topological polar surface area (TPSA) is 58.9 Å². The molecule has 1 atom stereocenters. The molecule has 22 heavy (non-hydrogen) atoms. The molecule has 0 aromatic carbocycles. The van der Waals surface area contributed by atoms with E-state index in [1.54, 1.807) is 4.90 Å². The largest absolute Gasteiger partial charge is 0.450 e. The molecule has 0 spiro atoms. The molecule has 0 saturated carbocycles. The van der Waals surface area contributed by atoms with Crippen molar-refractivity contribution in [2.75, 3.05) is 19.7 Å². The summed E-state index contributed by atoms with van der Waals surface area (Å²) >= 11 is 0. The number of aromatic nitrogens is 2. The van der Waals surface area contributed by atoms with Crippen LogP contribution < -0.4 is 5.32 Å². The molecule has 6 heteroatoms. The van der Waals surface area contributed by atoms with E-state index in [9.17, 15) is 4.79 Å². The van der Waals surface area contributed by atoms with Crippen LogP contribution in [0.5, 0.6) is 0 Å². The molecule has 1 aliphatic heterocycles. The molecular weight excluding hydrogens is 280 g/mol. The summed E-state index contributed by atoms with van der Waals surface area (Å²) in [5.41, 5.74) is 3.16. The fourth-order valence-corrected chi connectivity index (χ4v) is 2.84. The normalized spacial score (nSPS) is 18.1. The maximum atomic E-state index is 11.7. The average Bonchev–Trinajstić information content (AvgIpc) is 3.12. The first-order chi connectivity index (χ1) is 10.7. The third kappa shape index (κ3) is 3.06. The summed E-state index contributed by atoms with van der Waals surface area (Å²) in [6.07, 6.45) is 2.80. The fourth-order valence-electron chi connectivity index (χ4n) is 2.84. The van der Waals surface area contributed by atoms with Crippen LogP contribution in [0.25, 0.3) is 5.65 Å². The van der Waals surface area contributed by atoms with Gasteiger partial charge in [0.05, 0.1) is 12.3 Å². The van der Waals surface area contributed by atoms with Gasteiger partial charge in [0, 0.05) is 37.6 Å². The molecule has 1 N–H and O–H groups in total. The van der Waals surface area contributed by atoms with Crippen molar-refractivity contribution in [1.29, 1.82) is 0 Å². The van der Waals surface area contributed by atoms with E-state index in [1.807, 2.05) is 19.1 Å². The number of imidazole rings is 1. The molecule has 2 aromatic rings. The van der Waals surface area contributed by atoms with Crippen LogP contribution in [0.2, 0.25) is 0 Å². The van der Waals surface area contributed by atoms with Crippen molar-refractivity contribution in [3.8, 4) is 0 Å². The van der Waals surface area contributed by atoms with Gasteiger partial charge in [0.1, 0.15) is 5.65 Å². The van der Waals surface area contributed by atoms with E-state index in [1.165, 1.54) is 5.69 Å². The van der Waals surface area contributed by atoms with Crippen LogP contribution in [0.1, 0.15) is 24.7 Å². The lowest BCUT2D eigenvalue weighted by atomic mass is 10.2. The smallest absolute Gasteiger partial charge is 0.409 e. The van der Waals surface area contributed by atoms with E-state index in [4.69, 9.17) is 4.74 Å². The van der Waals surface area contributed by atoms with Gasteiger partial charge in [-0.25, -0.2) is 9.78 Å². The summed E-state index contributed by atoms with van der Waals surface area (Å²) in [5.74, 6) is 0. The van der Waals surface area contributed by atoms with Crippen molar-refractivity contribution in [3.63, 3.8) is 0 Å². The van der Waals surface area contributed by atoms with Gasteiger partial charge in [0.2, 0.25) is 0 Å². The second kappa shape index (κ2) is 6.36. The fraction of sp³-hybridized carbons (Fsp3) is 0.500. The number of pyridine rings is 1. The summed E-state index contributed by atoms with van der Waals surface area (Å²) in [5, 5.41) is 3.48. The summed E-state index contributed by atoms with van der Waals surface area (Å²) < 4.78 is 7.13. The van der Waals surface area contributed by atoms with Crippen LogP contribution in [-0.2, 0) is 11.3 Å². The van der Waals surface area contributed by atoms with E-state index in [2.05, 4.69) is 33.9 Å². The first kappa shape index (κ1) is 14.8. The van der Waals surface area contributed by atoms with Crippen LogP contribution in [0, 0.1) is 6.92 Å². The van der Waals surface area contributed by atoms with Gasteiger partial charge in [-0.2, -0.15) is 0 Å². The summed E-state index contributed by atoms with van der Waals surface area (Å²) in [4.78, 5) is 18.1. The maximum Gasteiger partial charge on any atom is 0.409 e. The number of likely N-dealkylation sites (tertiary alicyclic amines) is 1. The highest BCUT2D eigenvalue weighted by atomic mass is 16.6. The number of amides is 1. The average molecular weight is 302 g/mol. The number of fused-ring (bicyclic) bond motifs is 1. The number of nitrogens with zero attached hydrogens (tertiary/aromatic N) is 3. The quantitative estimate of drug-likeness (QED) is 0.938. The molecule has 0 radical (unpaired) electrons. The molecule has 0 aliphatic carbocycles. The minimum Gasteiger partial charge on any atom is -0.450 e. The lowest BCUT2D eigenvalue weighted by Gasteiger charge is -2.16. The van der Waals surface area contributed by atoms with E-state index in [0.717, 1.165) is 24.3 Å². The number of carbonyl (C=O) groups is 1. The SMILES string of the molecule is CCOC(=O)N1CC[C@H](NCc2cn3c(C)cccc3n2)C1. The Morgan fingerprint density at radius 3 is 3.14 bits per heavy atom. The van der Waals surface area contributed by atoms with Crippen LogP contribution >= 0.6 is 0 Å². The Balaban J connectivity index is 1.56. The molecule has 1 fully saturated rings. The molecule has 2 aromatic heterocycles. The monoisotopic (exact) mass is 302 g/mol. The number of ether oxygens (including phenoxy) is 1. The number of hydrogen-bond acceptors (Lipinski definition) is 4. The molecule has 3 heterocycles. The second-order valence-corrected chi connectivity index (χ2v) is 5.64. The molecule has 0 bridgehead atoms. The standard InChI is InChI=1S/C16H22N4O2/c1-3-22-16(21)19-8-7-13(10-19)17-9-14-11-20-12(2)5-4-6-15(20)18-14/h4-6,11,13,17H,3,7-10H2,1-2H3/t13-/m0/s1. The highest BCUT2D eigenvalue weighted by Crippen LogP contribution is 2.12. The van der Waals surface area contributed by atoms with Crippen molar-refractivity contribution >= 4 is 11.7 Å². The van der Waals surface area contributed by atoms with Gasteiger partial charge < -0.3 is 19.4 Å². The van der Waals surface area contributed by atoms with Crippen molar-refractivity contribution in [2.24, 2.45) is 0 Å². The molecule has 0 unspecified atom stereocenters. The van der Waals surface area contributed by atoms with Gasteiger partial charge in [-0.1, -0.05) is 6.07 Å². The second-order valence-electron chi connectivity index (χ2n) is 5.64. The molecule has 1 amide bonds. The summed E-state index contributed by atoms with van der Waals surface area (Å²) in [7, 11) is 0. The van der Waals surface area contributed by atoms with Crippen molar-refractivity contribution < 1.29 is 9.53 Å². The van der Waals surface area contributed by atoms with Crippen LogP contribution in [0.3, 0.4) is 0 Å². The zero-order chi connectivity index (χ0) is 15.5. The molecule has 1 aliphatic rings. The lowest BCUT2D eigenvalue weighted by molar-refractivity contribution is 0.115. The third-order valence-electron chi connectivity index (χ3n) is 4.03. The number of rotatable bonds is 4. The van der Waals surface area contributed by atoms with Gasteiger partial charge >= 0.3 is 6.09 Å². The van der Waals surface area contributed by atoms with Gasteiger partial charge in [-0.3, -0.25) is 0 Å². The predicted octanol–water partition coefficient (Wildman–Crippen LogP) is 1.96. The van der Waals surface area contributed by atoms with Crippen LogP contribution in [-0.4, -0.2) is 46.1 Å². The number of aryl methyl sites for hydroxylation is 1. The Bertz CT molecular complexity index is 667. The number of nitrogens with one attached hydrogen (secondary N) is 1. The van der Waals surface area contributed by atoms with Crippen molar-refractivity contribution in [2.45, 2.75) is 32.9 Å². The van der Waals surface area contributed by atoms with Crippen molar-refractivity contribution in [1.82, 2.24) is 19.6 Å². The minimum atomic E-state index is -0.213. The summed E-state index contributed by atoms with van der Waals surface area (Å²) in [6, 6.07) is 6.40. The first-order valence-electron chi connectivity index (χ1n) is 7.76. The highest BCUT2D eigenvalue weighted by molar-refractivity contribution is 5.68. The first-order valence-corrected chi connectivity index (χ1v) is 7.76. The molecule has 1 saturated heterocycles. The van der Waals surface area contributed by atoms with Gasteiger partial charge in [-0.05, 0) is 32.4 Å². The Kier molecular flexibility index (Phi) is 4.29. The van der Waals surface area contributed by atoms with Gasteiger partial charge in [0.25, 0.3) is 0 Å². The van der Waals surface area contributed by atoms with E-state index in [0.29, 0.717) is 25.7 Å². The van der Waals surface area contributed by atoms with Gasteiger partial charge in [0.15, 0.2) is 0 Å². The maximum absolute atomic E-state index is 11.7. The van der Waals surface area contributed by atoms with Crippen molar-refractivity contribution in [3.05, 3.63) is 35.8 Å². The molecule has 118 valence electrons. The van der Waals surface area contributed by atoms with E-state index >= 15 is 0 Å². The Labute approximate surface area is 130 Å². The van der Waals surface area contributed by atoms with Crippen LogP contribution in [0.4, 0.5) is 4.79 Å². The minimum absolute atomic E-state index is 0.213. The zero-order valence-corrected chi connectivity index (χ0v) is 13.1. The Morgan fingerprint density at radius 1 is 1.50 bits per heavy atom. The van der Waals surface area contributed by atoms with E-state index < -0.39 is 0 Å². The Morgan fingerprint density at radius 2 is 2.36 bits per heavy atom. The molecular formula is C16H22N4O2. The molecule has 3 rings (SSSR count).